The molecular formula is C20H20N2OP+. The molecule has 3 nitrogen and oxygen atoms in total. The van der Waals surface area contributed by atoms with Gasteiger partial charge in [-0.2, -0.15) is 0 Å². The lowest BCUT2D eigenvalue weighted by Gasteiger charge is -2.27. The molecule has 24 heavy (non-hydrogen) atoms. The summed E-state index contributed by atoms with van der Waals surface area (Å²) in [4.78, 5) is 11.5. The first-order valence-corrected chi connectivity index (χ1v) is 9.79. The zero-order valence-corrected chi connectivity index (χ0v) is 14.2. The lowest BCUT2D eigenvalue weighted by molar-refractivity contribution is 0.250. The number of nitrogens with two attached hydrogens (primary N) is 1. The van der Waals surface area contributed by atoms with Crippen molar-refractivity contribution in [3.63, 3.8) is 0 Å². The summed E-state index contributed by atoms with van der Waals surface area (Å²) in [7, 11) is -2.02. The monoisotopic (exact) mass is 335 g/mol. The molecule has 0 bridgehead atoms. The van der Waals surface area contributed by atoms with E-state index in [4.69, 9.17) is 5.73 Å². The van der Waals surface area contributed by atoms with Crippen molar-refractivity contribution in [3.05, 3.63) is 91.0 Å². The third kappa shape index (κ3) is 3.17. The quantitative estimate of drug-likeness (QED) is 0.692. The van der Waals surface area contributed by atoms with Crippen LogP contribution in [0.2, 0.25) is 0 Å². The smallest absolute Gasteiger partial charge is 0.314 e. The van der Waals surface area contributed by atoms with E-state index in [1.165, 1.54) is 15.9 Å². The average Bonchev–Trinajstić information content (AvgIpc) is 2.65. The first-order chi connectivity index (χ1) is 11.7. The Morgan fingerprint density at radius 3 is 1.33 bits per heavy atom. The van der Waals surface area contributed by atoms with Gasteiger partial charge in [0, 0.05) is 0 Å². The van der Waals surface area contributed by atoms with Gasteiger partial charge in [-0.3, -0.25) is 0 Å². The molecule has 3 aromatic rings. The van der Waals surface area contributed by atoms with Gasteiger partial charge in [0.1, 0.15) is 29.5 Å². The van der Waals surface area contributed by atoms with Gasteiger partial charge in [0.05, 0.1) is 0 Å². The largest absolute Gasteiger partial charge is 0.352 e. The van der Waals surface area contributed by atoms with Crippen LogP contribution in [0.3, 0.4) is 0 Å². The van der Waals surface area contributed by atoms with Gasteiger partial charge in [-0.05, 0) is 36.4 Å². The van der Waals surface area contributed by atoms with Crippen LogP contribution in [0.1, 0.15) is 0 Å². The van der Waals surface area contributed by atoms with Crippen molar-refractivity contribution in [3.8, 4) is 0 Å². The highest BCUT2D eigenvalue weighted by atomic mass is 31.2. The standard InChI is InChI=1S/C20H19N2OP/c21-20(23)22-16-24(17-10-4-1-5-11-17,18-12-6-2-7-13-18)19-14-8-3-9-15-19/h1-15H,16H2,(H2-,21,22,23)/p+1. The van der Waals surface area contributed by atoms with Gasteiger partial charge in [0.15, 0.2) is 0 Å². The number of amides is 2. The molecule has 0 unspecified atom stereocenters. The second kappa shape index (κ2) is 7.29. The van der Waals surface area contributed by atoms with Gasteiger partial charge in [0.25, 0.3) is 0 Å². The van der Waals surface area contributed by atoms with Crippen LogP contribution in [-0.4, -0.2) is 12.3 Å². The van der Waals surface area contributed by atoms with Gasteiger partial charge >= 0.3 is 6.03 Å². The molecule has 0 aliphatic heterocycles. The summed E-state index contributed by atoms with van der Waals surface area (Å²) in [5.41, 5.74) is 5.40. The van der Waals surface area contributed by atoms with Crippen molar-refractivity contribution in [2.75, 3.05) is 6.29 Å². The molecule has 2 amide bonds. The number of urea groups is 1. The zero-order valence-electron chi connectivity index (χ0n) is 13.3. The predicted octanol–water partition coefficient (Wildman–Crippen LogP) is 2.61. The number of hydrogen-bond acceptors (Lipinski definition) is 1. The number of carbonyl (C=O) groups excluding carboxylic acids is 1. The Morgan fingerprint density at radius 2 is 1.04 bits per heavy atom. The van der Waals surface area contributed by atoms with Gasteiger partial charge in [-0.1, -0.05) is 54.6 Å². The summed E-state index contributed by atoms with van der Waals surface area (Å²) < 4.78 is 0. The molecule has 0 atom stereocenters. The predicted molar refractivity (Wildman–Crippen MR) is 103 cm³/mol. The summed E-state index contributed by atoms with van der Waals surface area (Å²) in [6, 6.07) is 30.6. The van der Waals surface area contributed by atoms with Crippen molar-refractivity contribution >= 4 is 29.2 Å². The molecule has 0 aliphatic carbocycles. The summed E-state index contributed by atoms with van der Waals surface area (Å²) in [6.45, 7) is 0. The topological polar surface area (TPSA) is 55.1 Å². The number of hydrogen-bond donors (Lipinski definition) is 2. The summed E-state index contributed by atoms with van der Waals surface area (Å²) in [5.74, 6) is 0. The summed E-state index contributed by atoms with van der Waals surface area (Å²) in [5, 5.41) is 6.53. The van der Waals surface area contributed by atoms with Gasteiger partial charge in [0.2, 0.25) is 0 Å². The minimum atomic E-state index is -2.02. The number of rotatable bonds is 5. The highest BCUT2D eigenvalue weighted by Crippen LogP contribution is 2.54. The minimum absolute atomic E-state index is 0.498. The molecule has 3 N–H and O–H groups in total. The van der Waals surface area contributed by atoms with E-state index in [0.717, 1.165) is 0 Å². The van der Waals surface area contributed by atoms with Crippen molar-refractivity contribution in [2.24, 2.45) is 5.73 Å². The molecule has 0 saturated carbocycles. The second-order valence-corrected chi connectivity index (χ2v) is 9.00. The molecule has 3 aromatic carbocycles. The molecule has 0 heterocycles. The average molecular weight is 335 g/mol. The van der Waals surface area contributed by atoms with Crippen molar-refractivity contribution in [1.82, 2.24) is 5.32 Å². The van der Waals surface area contributed by atoms with E-state index in [-0.39, 0.29) is 0 Å². The number of nitrogens with one attached hydrogen (secondary N) is 1. The molecule has 0 aromatic heterocycles. The van der Waals surface area contributed by atoms with Crippen molar-refractivity contribution in [1.29, 1.82) is 0 Å². The van der Waals surface area contributed by atoms with Crippen molar-refractivity contribution < 1.29 is 4.79 Å². The minimum Gasteiger partial charge on any atom is -0.352 e. The Bertz CT molecular complexity index is 695. The second-order valence-electron chi connectivity index (χ2n) is 5.52. The summed E-state index contributed by atoms with van der Waals surface area (Å²) in [6.07, 6.45) is 0.500. The number of primary amides is 1. The lowest BCUT2D eigenvalue weighted by Crippen LogP contribution is -2.41. The van der Waals surface area contributed by atoms with Crippen molar-refractivity contribution in [2.45, 2.75) is 0 Å². The van der Waals surface area contributed by atoms with Crippen LogP contribution >= 0.6 is 7.26 Å². The van der Waals surface area contributed by atoms with E-state index in [1.807, 2.05) is 54.6 Å². The van der Waals surface area contributed by atoms with E-state index in [0.29, 0.717) is 6.29 Å². The molecule has 0 saturated heterocycles. The SMILES string of the molecule is NC(=O)NC[P+](c1ccccc1)(c1ccccc1)c1ccccc1. The Kier molecular flexibility index (Phi) is 4.93. The normalized spacial score (nSPS) is 11.0. The molecule has 0 spiro atoms. The first kappa shape index (κ1) is 16.2. The third-order valence-corrected chi connectivity index (χ3v) is 8.25. The first-order valence-electron chi connectivity index (χ1n) is 7.82. The number of benzene rings is 3. The van der Waals surface area contributed by atoms with E-state index < -0.39 is 13.3 Å². The molecule has 0 radical (unpaired) electrons. The Labute approximate surface area is 142 Å². The molecule has 0 aliphatic rings. The molecule has 120 valence electrons. The fourth-order valence-electron chi connectivity index (χ4n) is 2.97. The summed E-state index contributed by atoms with van der Waals surface area (Å²) >= 11 is 0. The van der Waals surface area contributed by atoms with Gasteiger partial charge < -0.3 is 11.1 Å². The van der Waals surface area contributed by atoms with Gasteiger partial charge in [-0.25, -0.2) is 4.79 Å². The highest BCUT2D eigenvalue weighted by molar-refractivity contribution is 7.95. The fraction of sp³-hybridized carbons (Fsp3) is 0.0500. The van der Waals surface area contributed by atoms with Gasteiger partial charge in [-0.15, -0.1) is 0 Å². The third-order valence-electron chi connectivity index (χ3n) is 4.08. The van der Waals surface area contributed by atoms with Crippen LogP contribution in [0.5, 0.6) is 0 Å². The Morgan fingerprint density at radius 1 is 0.708 bits per heavy atom. The van der Waals surface area contributed by atoms with Crippen LogP contribution in [0.15, 0.2) is 91.0 Å². The van der Waals surface area contributed by atoms with E-state index in [1.54, 1.807) is 0 Å². The van der Waals surface area contributed by atoms with Crippen LogP contribution in [0.4, 0.5) is 4.79 Å². The maximum absolute atomic E-state index is 11.5. The van der Waals surface area contributed by atoms with Crippen LogP contribution in [-0.2, 0) is 0 Å². The van der Waals surface area contributed by atoms with E-state index >= 15 is 0 Å². The molecular weight excluding hydrogens is 315 g/mol. The van der Waals surface area contributed by atoms with Crippen LogP contribution < -0.4 is 27.0 Å². The molecule has 3 rings (SSSR count). The maximum Gasteiger partial charge on any atom is 0.314 e. The Hall–Kier alpha value is -2.64. The van der Waals surface area contributed by atoms with Crippen LogP contribution in [0, 0.1) is 0 Å². The lowest BCUT2D eigenvalue weighted by atomic mass is 10.4. The molecule has 0 fully saturated rings. The number of carbonyl (C=O) groups is 1. The fourth-order valence-corrected chi connectivity index (χ4v) is 6.84. The zero-order chi connectivity index (χ0) is 16.8. The maximum atomic E-state index is 11.5. The van der Waals surface area contributed by atoms with E-state index in [9.17, 15) is 4.79 Å². The Balaban J connectivity index is 2.26. The molecule has 4 heteroatoms. The highest BCUT2D eigenvalue weighted by Gasteiger charge is 2.45. The van der Waals surface area contributed by atoms with Crippen LogP contribution in [0.25, 0.3) is 0 Å². The van der Waals surface area contributed by atoms with E-state index in [2.05, 4.69) is 41.7 Å².